The number of aromatic nitrogens is 5. The van der Waals surface area contributed by atoms with Gasteiger partial charge in [-0.15, -0.1) is 17.5 Å². The Morgan fingerprint density at radius 1 is 1.21 bits per heavy atom. The minimum absolute atomic E-state index is 0. The Balaban J connectivity index is 0.00000225. The van der Waals surface area contributed by atoms with Gasteiger partial charge in [-0.3, -0.25) is 4.79 Å². The molecule has 2 N–H and O–H groups in total. The second kappa shape index (κ2) is 8.53. The first-order valence-electron chi connectivity index (χ1n) is 9.18. The molecule has 9 heteroatoms. The molecule has 1 aromatic carbocycles. The van der Waals surface area contributed by atoms with Gasteiger partial charge in [0.1, 0.15) is 0 Å². The average molecular weight is 402 g/mol. The normalized spacial score (nSPS) is 14.5. The van der Waals surface area contributed by atoms with Gasteiger partial charge in [-0.05, 0) is 58.0 Å². The third-order valence-electron chi connectivity index (χ3n) is 4.82. The third kappa shape index (κ3) is 4.07. The number of halogens is 1. The van der Waals surface area contributed by atoms with Crippen molar-refractivity contribution in [3.05, 3.63) is 53.6 Å². The summed E-state index contributed by atoms with van der Waals surface area (Å²) in [6.45, 7) is 5.86. The van der Waals surface area contributed by atoms with E-state index in [4.69, 9.17) is 0 Å². The Morgan fingerprint density at radius 3 is 2.68 bits per heavy atom. The summed E-state index contributed by atoms with van der Waals surface area (Å²) in [5.74, 6) is -0.274. The molecule has 0 unspecified atom stereocenters. The van der Waals surface area contributed by atoms with E-state index >= 15 is 0 Å². The van der Waals surface area contributed by atoms with Gasteiger partial charge in [-0.25, -0.2) is 9.36 Å². The number of amides is 1. The Hall–Kier alpha value is -2.71. The number of para-hydroxylation sites is 2. The lowest BCUT2D eigenvalue weighted by Crippen LogP contribution is -2.29. The summed E-state index contributed by atoms with van der Waals surface area (Å²) in [6, 6.07) is 9.90. The highest BCUT2D eigenvalue weighted by Gasteiger charge is 2.19. The minimum atomic E-state index is -0.274. The molecule has 0 radical (unpaired) electrons. The van der Waals surface area contributed by atoms with Crippen molar-refractivity contribution in [1.29, 1.82) is 0 Å². The van der Waals surface area contributed by atoms with Gasteiger partial charge in [0.15, 0.2) is 5.69 Å². The molecule has 3 aromatic rings. The lowest BCUT2D eigenvalue weighted by Gasteiger charge is -2.22. The van der Waals surface area contributed by atoms with Gasteiger partial charge in [0.05, 0.1) is 29.3 Å². The molecule has 0 spiro atoms. The fourth-order valence-electron chi connectivity index (χ4n) is 3.45. The maximum atomic E-state index is 12.7. The zero-order valence-electron chi connectivity index (χ0n) is 15.9. The van der Waals surface area contributed by atoms with E-state index in [1.807, 2.05) is 53.5 Å². The predicted octanol–water partition coefficient (Wildman–Crippen LogP) is 2.68. The van der Waals surface area contributed by atoms with Gasteiger partial charge in [-0.1, -0.05) is 17.3 Å². The van der Waals surface area contributed by atoms with E-state index in [9.17, 15) is 4.79 Å². The highest BCUT2D eigenvalue weighted by molar-refractivity contribution is 6.03. The maximum absolute atomic E-state index is 12.7. The van der Waals surface area contributed by atoms with Crippen LogP contribution in [-0.2, 0) is 0 Å². The first-order valence-corrected chi connectivity index (χ1v) is 9.18. The summed E-state index contributed by atoms with van der Waals surface area (Å²) in [7, 11) is 0. The third-order valence-corrected chi connectivity index (χ3v) is 4.82. The van der Waals surface area contributed by atoms with Gasteiger partial charge < -0.3 is 10.6 Å². The molecule has 148 valence electrons. The summed E-state index contributed by atoms with van der Waals surface area (Å²) < 4.78 is 3.64. The van der Waals surface area contributed by atoms with Gasteiger partial charge in [0.2, 0.25) is 0 Å². The quantitative estimate of drug-likeness (QED) is 0.701. The number of nitrogens with zero attached hydrogens (tertiary/aromatic N) is 5. The van der Waals surface area contributed by atoms with Crippen LogP contribution in [0, 0.1) is 13.8 Å². The first kappa shape index (κ1) is 20.0. The van der Waals surface area contributed by atoms with Crippen LogP contribution in [0.25, 0.3) is 5.69 Å². The van der Waals surface area contributed by atoms with E-state index < -0.39 is 0 Å². The monoisotopic (exact) mass is 401 g/mol. The molecule has 0 saturated carbocycles. The topological polar surface area (TPSA) is 89.7 Å². The number of nitrogens with one attached hydrogen (secondary N) is 2. The van der Waals surface area contributed by atoms with E-state index in [1.165, 1.54) is 0 Å². The predicted molar refractivity (Wildman–Crippen MR) is 109 cm³/mol. The maximum Gasteiger partial charge on any atom is 0.277 e. The van der Waals surface area contributed by atoms with Crippen molar-refractivity contribution in [3.8, 4) is 5.69 Å². The number of carbonyl (C=O) groups excluding carboxylic acids is 1. The van der Waals surface area contributed by atoms with E-state index in [0.717, 1.165) is 43.0 Å². The first-order chi connectivity index (χ1) is 13.1. The molecule has 0 aliphatic carbocycles. The Kier molecular flexibility index (Phi) is 6.11. The molecule has 1 aliphatic heterocycles. The zero-order chi connectivity index (χ0) is 18.8. The van der Waals surface area contributed by atoms with Crippen LogP contribution >= 0.6 is 12.4 Å². The van der Waals surface area contributed by atoms with Crippen molar-refractivity contribution in [2.24, 2.45) is 0 Å². The van der Waals surface area contributed by atoms with Crippen molar-refractivity contribution >= 4 is 24.0 Å². The number of hydrogen-bond donors (Lipinski definition) is 2. The van der Waals surface area contributed by atoms with Crippen LogP contribution in [0.5, 0.6) is 0 Å². The highest BCUT2D eigenvalue weighted by Crippen LogP contribution is 2.22. The van der Waals surface area contributed by atoms with Crippen LogP contribution in [0.15, 0.2) is 36.5 Å². The van der Waals surface area contributed by atoms with E-state index in [0.29, 0.717) is 17.4 Å². The summed E-state index contributed by atoms with van der Waals surface area (Å²) >= 11 is 0. The second-order valence-electron chi connectivity index (χ2n) is 6.88. The molecule has 0 atom stereocenters. The van der Waals surface area contributed by atoms with Crippen molar-refractivity contribution in [1.82, 2.24) is 30.1 Å². The molecular formula is C19H24ClN7O. The number of hydrogen-bond acceptors (Lipinski definition) is 5. The smallest absolute Gasteiger partial charge is 0.277 e. The van der Waals surface area contributed by atoms with Gasteiger partial charge in [-0.2, -0.15) is 5.10 Å². The van der Waals surface area contributed by atoms with Crippen LogP contribution in [0.4, 0.5) is 5.69 Å². The number of aryl methyl sites for hydroxylation is 2. The van der Waals surface area contributed by atoms with Crippen LogP contribution in [0.3, 0.4) is 0 Å². The lowest BCUT2D eigenvalue weighted by molar-refractivity contribution is 0.102. The fraction of sp³-hybridized carbons (Fsp3) is 0.368. The standard InChI is InChI=1S/C19H23N7O.ClH/c1-13-11-14(2)26(23-13)18-6-4-3-5-16(18)21-19(27)17-12-25(24-22-17)15-7-9-20-10-8-15;/h3-6,11-12,15,20H,7-10H2,1-2H3,(H,21,27);1H. The summed E-state index contributed by atoms with van der Waals surface area (Å²) in [5.41, 5.74) is 3.76. The van der Waals surface area contributed by atoms with Crippen LogP contribution in [0.1, 0.15) is 40.8 Å². The second-order valence-corrected chi connectivity index (χ2v) is 6.88. The molecule has 2 aromatic heterocycles. The summed E-state index contributed by atoms with van der Waals surface area (Å²) in [4.78, 5) is 12.7. The van der Waals surface area contributed by atoms with Crippen LogP contribution < -0.4 is 10.6 Å². The number of piperidine rings is 1. The highest BCUT2D eigenvalue weighted by atomic mass is 35.5. The molecule has 1 fully saturated rings. The van der Waals surface area contributed by atoms with Crippen molar-refractivity contribution in [2.45, 2.75) is 32.7 Å². The molecule has 1 aliphatic rings. The van der Waals surface area contributed by atoms with Crippen LogP contribution in [0.2, 0.25) is 0 Å². The molecule has 1 amide bonds. The number of anilines is 1. The van der Waals surface area contributed by atoms with Gasteiger partial charge >= 0.3 is 0 Å². The number of benzene rings is 1. The lowest BCUT2D eigenvalue weighted by atomic mass is 10.1. The number of rotatable bonds is 4. The molecule has 8 nitrogen and oxygen atoms in total. The van der Waals surface area contributed by atoms with Crippen molar-refractivity contribution in [2.75, 3.05) is 18.4 Å². The molecule has 0 bridgehead atoms. The largest absolute Gasteiger partial charge is 0.319 e. The average Bonchev–Trinajstić information content (AvgIpc) is 3.30. The Morgan fingerprint density at radius 2 is 1.96 bits per heavy atom. The SMILES string of the molecule is Cc1cc(C)n(-c2ccccc2NC(=O)c2cn(C3CCNCC3)nn2)n1.Cl. The fourth-order valence-corrected chi connectivity index (χ4v) is 3.45. The van der Waals surface area contributed by atoms with Crippen LogP contribution in [-0.4, -0.2) is 43.8 Å². The molecular weight excluding hydrogens is 378 g/mol. The summed E-state index contributed by atoms with van der Waals surface area (Å²) in [5, 5.41) is 19.0. The zero-order valence-corrected chi connectivity index (χ0v) is 16.7. The minimum Gasteiger partial charge on any atom is -0.319 e. The molecule has 3 heterocycles. The molecule has 4 rings (SSSR count). The van der Waals surface area contributed by atoms with Gasteiger partial charge in [0, 0.05) is 5.69 Å². The Labute approximate surface area is 169 Å². The Bertz CT molecular complexity index is 959. The van der Waals surface area contributed by atoms with Crippen molar-refractivity contribution in [3.63, 3.8) is 0 Å². The van der Waals surface area contributed by atoms with Gasteiger partial charge in [0.25, 0.3) is 5.91 Å². The van der Waals surface area contributed by atoms with E-state index in [1.54, 1.807) is 6.20 Å². The number of carbonyl (C=O) groups is 1. The molecule has 1 saturated heterocycles. The summed E-state index contributed by atoms with van der Waals surface area (Å²) in [6.07, 6.45) is 3.72. The van der Waals surface area contributed by atoms with E-state index in [-0.39, 0.29) is 18.3 Å². The van der Waals surface area contributed by atoms with E-state index in [2.05, 4.69) is 26.0 Å². The molecule has 28 heavy (non-hydrogen) atoms. The van der Waals surface area contributed by atoms with Crippen molar-refractivity contribution < 1.29 is 4.79 Å².